The number of nitriles is 1. The van der Waals surface area contributed by atoms with Crippen LogP contribution in [0.1, 0.15) is 28.6 Å². The lowest BCUT2D eigenvalue weighted by atomic mass is 10.2. The molecular formula is C23H26N4O2S2. The number of ether oxygens (including phenoxy) is 1. The number of rotatable bonds is 5. The number of benzene rings is 1. The van der Waals surface area contributed by atoms with Crippen LogP contribution < -0.4 is 9.64 Å². The largest absolute Gasteiger partial charge is 0.484 e. The number of pyridine rings is 1. The van der Waals surface area contributed by atoms with Crippen LogP contribution in [0.2, 0.25) is 0 Å². The van der Waals surface area contributed by atoms with Gasteiger partial charge in [-0.2, -0.15) is 5.26 Å². The molecule has 31 heavy (non-hydrogen) atoms. The summed E-state index contributed by atoms with van der Waals surface area (Å²) < 4.78 is 6.28. The molecule has 2 aliphatic rings. The number of hydrogen-bond acceptors (Lipinski definition) is 7. The molecule has 6 nitrogen and oxygen atoms in total. The minimum absolute atomic E-state index is 0.00848. The lowest BCUT2D eigenvalue weighted by molar-refractivity contribution is -0.133. The number of thioether (sulfide) groups is 2. The molecule has 2 saturated heterocycles. The molecule has 1 aromatic carbocycles. The van der Waals surface area contributed by atoms with Gasteiger partial charge in [-0.25, -0.2) is 4.98 Å². The van der Waals surface area contributed by atoms with E-state index in [2.05, 4.69) is 28.1 Å². The van der Waals surface area contributed by atoms with Crippen molar-refractivity contribution in [3.05, 3.63) is 53.7 Å². The highest BCUT2D eigenvalue weighted by Gasteiger charge is 2.22. The fraction of sp³-hybridized carbons (Fsp3) is 0.435. The Morgan fingerprint density at radius 2 is 1.90 bits per heavy atom. The van der Waals surface area contributed by atoms with E-state index in [-0.39, 0.29) is 12.5 Å². The second-order valence-corrected chi connectivity index (χ2v) is 10.2. The summed E-state index contributed by atoms with van der Waals surface area (Å²) in [5.74, 6) is 3.85. The smallest absolute Gasteiger partial charge is 0.260 e. The van der Waals surface area contributed by atoms with E-state index < -0.39 is 0 Å². The highest BCUT2D eigenvalue weighted by Crippen LogP contribution is 2.43. The first-order valence-electron chi connectivity index (χ1n) is 10.6. The van der Waals surface area contributed by atoms with Crippen LogP contribution in [-0.4, -0.2) is 60.1 Å². The SMILES string of the molecule is N#Cc1cccnc1N1CCCN(C(=O)COc2ccc(C3SCCCS3)cc2)CC1. The highest BCUT2D eigenvalue weighted by molar-refractivity contribution is 8.16. The van der Waals surface area contributed by atoms with Crippen molar-refractivity contribution < 1.29 is 9.53 Å². The fourth-order valence-corrected chi connectivity index (χ4v) is 6.65. The Labute approximate surface area is 192 Å². The van der Waals surface area contributed by atoms with Crippen LogP contribution in [0.5, 0.6) is 5.75 Å². The number of carbonyl (C=O) groups is 1. The van der Waals surface area contributed by atoms with E-state index in [0.717, 1.165) is 18.7 Å². The molecule has 0 spiro atoms. The van der Waals surface area contributed by atoms with Crippen molar-refractivity contribution >= 4 is 35.2 Å². The summed E-state index contributed by atoms with van der Waals surface area (Å²) in [6, 6.07) is 13.9. The molecule has 162 valence electrons. The lowest BCUT2D eigenvalue weighted by Gasteiger charge is -2.23. The van der Waals surface area contributed by atoms with Gasteiger partial charge in [-0.3, -0.25) is 4.79 Å². The topological polar surface area (TPSA) is 69.5 Å². The summed E-state index contributed by atoms with van der Waals surface area (Å²) in [5.41, 5.74) is 1.88. The molecule has 1 amide bonds. The normalized spacial score (nSPS) is 17.6. The van der Waals surface area contributed by atoms with Gasteiger partial charge < -0.3 is 14.5 Å². The minimum Gasteiger partial charge on any atom is -0.484 e. The van der Waals surface area contributed by atoms with Crippen molar-refractivity contribution in [3.63, 3.8) is 0 Å². The van der Waals surface area contributed by atoms with Crippen LogP contribution in [0.4, 0.5) is 5.82 Å². The molecule has 2 aliphatic heterocycles. The predicted octanol–water partition coefficient (Wildman–Crippen LogP) is 3.94. The number of nitrogens with zero attached hydrogens (tertiary/aromatic N) is 4. The highest BCUT2D eigenvalue weighted by atomic mass is 32.2. The van der Waals surface area contributed by atoms with Gasteiger partial charge in [0.25, 0.3) is 5.91 Å². The van der Waals surface area contributed by atoms with Crippen LogP contribution in [0, 0.1) is 11.3 Å². The van der Waals surface area contributed by atoms with E-state index in [9.17, 15) is 10.1 Å². The van der Waals surface area contributed by atoms with Crippen LogP contribution >= 0.6 is 23.5 Å². The van der Waals surface area contributed by atoms with Crippen molar-refractivity contribution in [2.24, 2.45) is 0 Å². The Bertz CT molecular complexity index is 926. The van der Waals surface area contributed by atoms with Crippen molar-refractivity contribution in [1.29, 1.82) is 5.26 Å². The average Bonchev–Trinajstić information content (AvgIpc) is 3.10. The molecule has 2 aromatic rings. The zero-order chi connectivity index (χ0) is 21.5. The number of carbonyl (C=O) groups excluding carboxylic acids is 1. The number of amides is 1. The quantitative estimate of drug-likeness (QED) is 0.678. The van der Waals surface area contributed by atoms with Crippen molar-refractivity contribution in [2.45, 2.75) is 17.4 Å². The number of anilines is 1. The molecule has 8 heteroatoms. The van der Waals surface area contributed by atoms with Crippen LogP contribution in [-0.2, 0) is 4.79 Å². The third-order valence-electron chi connectivity index (χ3n) is 5.40. The summed E-state index contributed by atoms with van der Waals surface area (Å²) in [6.07, 6.45) is 3.82. The molecule has 0 unspecified atom stereocenters. The van der Waals surface area contributed by atoms with Gasteiger partial charge in [0.15, 0.2) is 6.61 Å². The Kier molecular flexibility index (Phi) is 7.60. The van der Waals surface area contributed by atoms with E-state index in [1.54, 1.807) is 18.3 Å². The van der Waals surface area contributed by atoms with E-state index in [0.29, 0.717) is 35.6 Å². The van der Waals surface area contributed by atoms with Gasteiger partial charge in [-0.15, -0.1) is 23.5 Å². The maximum Gasteiger partial charge on any atom is 0.260 e. The standard InChI is InChI=1S/C23H26N4O2S2/c24-16-19-4-1-9-25-22(19)27-11-2-10-26(12-13-27)21(28)17-29-20-7-5-18(6-8-20)23-30-14-3-15-31-23/h1,4-9,23H,2-3,10-15,17H2. The average molecular weight is 455 g/mol. The lowest BCUT2D eigenvalue weighted by Crippen LogP contribution is -2.38. The molecule has 0 saturated carbocycles. The Morgan fingerprint density at radius 3 is 2.68 bits per heavy atom. The third kappa shape index (κ3) is 5.66. The first kappa shape index (κ1) is 21.8. The van der Waals surface area contributed by atoms with Crippen molar-refractivity contribution in [3.8, 4) is 11.8 Å². The predicted molar refractivity (Wildman–Crippen MR) is 127 cm³/mol. The molecular weight excluding hydrogens is 428 g/mol. The summed E-state index contributed by atoms with van der Waals surface area (Å²) in [5, 5.41) is 9.33. The van der Waals surface area contributed by atoms with E-state index in [1.807, 2.05) is 40.6 Å². The maximum atomic E-state index is 12.7. The van der Waals surface area contributed by atoms with Crippen LogP contribution in [0.15, 0.2) is 42.6 Å². The zero-order valence-electron chi connectivity index (χ0n) is 17.4. The molecule has 0 aliphatic carbocycles. The minimum atomic E-state index is -0.00848. The third-order valence-corrected chi connectivity index (χ3v) is 8.41. The van der Waals surface area contributed by atoms with Gasteiger partial charge in [0, 0.05) is 32.4 Å². The molecule has 0 atom stereocenters. The van der Waals surface area contributed by atoms with Gasteiger partial charge in [0.1, 0.15) is 17.6 Å². The number of aromatic nitrogens is 1. The Balaban J connectivity index is 1.28. The first-order valence-corrected chi connectivity index (χ1v) is 12.7. The maximum absolute atomic E-state index is 12.7. The van der Waals surface area contributed by atoms with Gasteiger partial charge in [-0.05, 0) is 54.2 Å². The van der Waals surface area contributed by atoms with Crippen LogP contribution in [0.25, 0.3) is 0 Å². The van der Waals surface area contributed by atoms with E-state index in [4.69, 9.17) is 4.74 Å². The molecule has 1 aromatic heterocycles. The zero-order valence-corrected chi connectivity index (χ0v) is 19.0. The Morgan fingerprint density at radius 1 is 1.10 bits per heavy atom. The molecule has 4 rings (SSSR count). The summed E-state index contributed by atoms with van der Waals surface area (Å²) in [7, 11) is 0. The van der Waals surface area contributed by atoms with E-state index in [1.165, 1.54) is 23.5 Å². The Hall–Kier alpha value is -2.37. The van der Waals surface area contributed by atoms with Gasteiger partial charge in [0.2, 0.25) is 0 Å². The molecule has 0 radical (unpaired) electrons. The summed E-state index contributed by atoms with van der Waals surface area (Å²) in [4.78, 5) is 21.0. The monoisotopic (exact) mass is 454 g/mol. The fourth-order valence-electron chi connectivity index (χ4n) is 3.75. The second-order valence-electron chi connectivity index (χ2n) is 7.49. The van der Waals surface area contributed by atoms with Gasteiger partial charge in [0.05, 0.1) is 10.1 Å². The summed E-state index contributed by atoms with van der Waals surface area (Å²) in [6.45, 7) is 2.75. The second kappa shape index (κ2) is 10.8. The molecule has 0 N–H and O–H groups in total. The number of hydrogen-bond donors (Lipinski definition) is 0. The van der Waals surface area contributed by atoms with Crippen molar-refractivity contribution in [1.82, 2.24) is 9.88 Å². The molecule has 3 heterocycles. The molecule has 2 fully saturated rings. The van der Waals surface area contributed by atoms with E-state index >= 15 is 0 Å². The van der Waals surface area contributed by atoms with Gasteiger partial charge >= 0.3 is 0 Å². The first-order chi connectivity index (χ1) is 15.2. The van der Waals surface area contributed by atoms with Crippen molar-refractivity contribution in [2.75, 3.05) is 49.2 Å². The van der Waals surface area contributed by atoms with Gasteiger partial charge in [-0.1, -0.05) is 12.1 Å². The summed E-state index contributed by atoms with van der Waals surface area (Å²) >= 11 is 3.99. The molecule has 0 bridgehead atoms. The van der Waals surface area contributed by atoms with Crippen LogP contribution in [0.3, 0.4) is 0 Å².